The molecular weight excluding hydrogens is 356 g/mol. The quantitative estimate of drug-likeness (QED) is 0.676. The van der Waals surface area contributed by atoms with Crippen LogP contribution in [0.5, 0.6) is 0 Å². The molecule has 1 aliphatic rings. The third-order valence-electron chi connectivity index (χ3n) is 4.17. The van der Waals surface area contributed by atoms with Crippen LogP contribution in [-0.2, 0) is 34.6 Å². The lowest BCUT2D eigenvalue weighted by Gasteiger charge is -2.33. The lowest BCUT2D eigenvalue weighted by Crippen LogP contribution is -2.43. The highest BCUT2D eigenvalue weighted by atomic mass is 32.2. The SMILES string of the molecule is CCOC(=O)[C@H]1[C@@H](OC)C=C(S(=O)c2ccccc2)C[C@@H]1C(=O)OCC. The van der Waals surface area contributed by atoms with Crippen LogP contribution in [0.15, 0.2) is 46.2 Å². The number of methoxy groups -OCH3 is 1. The minimum Gasteiger partial charge on any atom is -0.466 e. The van der Waals surface area contributed by atoms with Crippen molar-refractivity contribution in [3.63, 3.8) is 0 Å². The van der Waals surface area contributed by atoms with Crippen LogP contribution in [-0.4, -0.2) is 42.6 Å². The van der Waals surface area contributed by atoms with Gasteiger partial charge in [0.05, 0.1) is 36.0 Å². The molecule has 1 aromatic rings. The van der Waals surface area contributed by atoms with E-state index in [0.29, 0.717) is 9.80 Å². The maximum absolute atomic E-state index is 12.9. The number of carbonyl (C=O) groups excluding carboxylic acids is 2. The van der Waals surface area contributed by atoms with Crippen LogP contribution >= 0.6 is 0 Å². The van der Waals surface area contributed by atoms with Gasteiger partial charge in [0, 0.05) is 16.9 Å². The van der Waals surface area contributed by atoms with Gasteiger partial charge in [-0.1, -0.05) is 18.2 Å². The van der Waals surface area contributed by atoms with Crippen LogP contribution in [0.25, 0.3) is 0 Å². The monoisotopic (exact) mass is 380 g/mol. The van der Waals surface area contributed by atoms with Gasteiger partial charge in [-0.2, -0.15) is 0 Å². The van der Waals surface area contributed by atoms with Gasteiger partial charge in [0.15, 0.2) is 0 Å². The summed E-state index contributed by atoms with van der Waals surface area (Å²) in [7, 11) is 0.00439. The van der Waals surface area contributed by atoms with Gasteiger partial charge >= 0.3 is 11.9 Å². The Bertz CT molecular complexity index is 685. The number of esters is 2. The number of rotatable bonds is 7. The van der Waals surface area contributed by atoms with E-state index < -0.39 is 40.7 Å². The minimum absolute atomic E-state index is 0.156. The summed E-state index contributed by atoms with van der Waals surface area (Å²) in [5, 5.41) is 0. The highest BCUT2D eigenvalue weighted by molar-refractivity contribution is 7.89. The molecule has 0 amide bonds. The highest BCUT2D eigenvalue weighted by Gasteiger charge is 2.45. The molecule has 7 heteroatoms. The Kier molecular flexibility index (Phi) is 7.53. The van der Waals surface area contributed by atoms with E-state index in [2.05, 4.69) is 0 Å². The molecule has 26 heavy (non-hydrogen) atoms. The number of ether oxygens (including phenoxy) is 3. The van der Waals surface area contributed by atoms with Crippen molar-refractivity contribution >= 4 is 22.7 Å². The average molecular weight is 380 g/mol. The molecule has 2 rings (SSSR count). The number of hydrogen-bond donors (Lipinski definition) is 0. The van der Waals surface area contributed by atoms with Crippen LogP contribution in [0.4, 0.5) is 0 Å². The summed E-state index contributed by atoms with van der Waals surface area (Å²) in [6.07, 6.45) is 1.12. The minimum atomic E-state index is -1.44. The van der Waals surface area contributed by atoms with Crippen molar-refractivity contribution in [1.29, 1.82) is 0 Å². The second-order valence-electron chi connectivity index (χ2n) is 5.76. The Morgan fingerprint density at radius 2 is 1.69 bits per heavy atom. The van der Waals surface area contributed by atoms with Crippen LogP contribution in [0.1, 0.15) is 20.3 Å². The summed E-state index contributed by atoms with van der Waals surface area (Å²) >= 11 is 0. The molecule has 0 radical (unpaired) electrons. The van der Waals surface area contributed by atoms with E-state index in [0.717, 1.165) is 0 Å². The Labute approximate surface area is 156 Å². The first-order chi connectivity index (χ1) is 12.5. The van der Waals surface area contributed by atoms with E-state index in [9.17, 15) is 13.8 Å². The second kappa shape index (κ2) is 9.64. The molecule has 1 aromatic carbocycles. The van der Waals surface area contributed by atoms with Crippen molar-refractivity contribution in [3.8, 4) is 0 Å². The molecule has 4 atom stereocenters. The molecule has 1 unspecified atom stereocenters. The second-order valence-corrected chi connectivity index (χ2v) is 7.29. The molecule has 0 aliphatic heterocycles. The zero-order valence-electron chi connectivity index (χ0n) is 15.2. The number of hydrogen-bond acceptors (Lipinski definition) is 6. The molecule has 0 saturated carbocycles. The van der Waals surface area contributed by atoms with Gasteiger partial charge < -0.3 is 14.2 Å². The maximum Gasteiger partial charge on any atom is 0.312 e. The van der Waals surface area contributed by atoms with Gasteiger partial charge in [-0.15, -0.1) is 0 Å². The number of allylic oxidation sites excluding steroid dienone is 1. The maximum atomic E-state index is 12.9. The predicted molar refractivity (Wildman–Crippen MR) is 96.6 cm³/mol. The van der Waals surface area contributed by atoms with Crippen molar-refractivity contribution < 1.29 is 28.0 Å². The van der Waals surface area contributed by atoms with Gasteiger partial charge in [0.1, 0.15) is 5.92 Å². The molecule has 0 fully saturated rings. The van der Waals surface area contributed by atoms with E-state index in [4.69, 9.17) is 14.2 Å². The summed E-state index contributed by atoms with van der Waals surface area (Å²) in [5.74, 6) is -2.65. The molecule has 142 valence electrons. The Morgan fingerprint density at radius 1 is 1.08 bits per heavy atom. The molecule has 0 spiro atoms. The highest BCUT2D eigenvalue weighted by Crippen LogP contribution is 2.36. The van der Waals surface area contributed by atoms with Crippen LogP contribution in [0.3, 0.4) is 0 Å². The largest absolute Gasteiger partial charge is 0.466 e. The molecule has 0 heterocycles. The van der Waals surface area contributed by atoms with Crippen LogP contribution < -0.4 is 0 Å². The van der Waals surface area contributed by atoms with Crippen molar-refractivity contribution in [2.75, 3.05) is 20.3 Å². The van der Waals surface area contributed by atoms with Crippen molar-refractivity contribution in [3.05, 3.63) is 41.3 Å². The van der Waals surface area contributed by atoms with Crippen molar-refractivity contribution in [1.82, 2.24) is 0 Å². The third kappa shape index (κ3) is 4.59. The van der Waals surface area contributed by atoms with E-state index in [1.165, 1.54) is 7.11 Å². The van der Waals surface area contributed by atoms with Gasteiger partial charge in [-0.25, -0.2) is 4.21 Å². The number of carbonyl (C=O) groups is 2. The number of benzene rings is 1. The summed E-state index contributed by atoms with van der Waals surface area (Å²) in [6, 6.07) is 8.96. The van der Waals surface area contributed by atoms with Gasteiger partial charge in [-0.05, 0) is 38.5 Å². The molecule has 0 aromatic heterocycles. The molecule has 0 bridgehead atoms. The molecule has 0 saturated heterocycles. The first-order valence-corrected chi connectivity index (χ1v) is 9.72. The lowest BCUT2D eigenvalue weighted by molar-refractivity contribution is -0.165. The molecule has 1 aliphatic carbocycles. The third-order valence-corrected chi connectivity index (χ3v) is 5.65. The van der Waals surface area contributed by atoms with Gasteiger partial charge in [0.25, 0.3) is 0 Å². The summed E-state index contributed by atoms with van der Waals surface area (Å²) in [5.41, 5.74) is 0. The average Bonchev–Trinajstić information content (AvgIpc) is 2.67. The standard InChI is InChI=1S/C19H24O6S/c1-4-24-18(20)15-11-14(26(22)13-9-7-6-8-10-13)12-16(23-3)17(15)19(21)25-5-2/h6-10,12,15-17H,4-5,11H2,1-3H3/t15-,16-,17+,26?/m0/s1. The fourth-order valence-electron chi connectivity index (χ4n) is 2.99. The molecular formula is C19H24O6S. The first kappa shape index (κ1) is 20.3. The van der Waals surface area contributed by atoms with E-state index in [1.54, 1.807) is 44.2 Å². The summed E-state index contributed by atoms with van der Waals surface area (Å²) in [6.45, 7) is 3.80. The fraction of sp³-hybridized carbons (Fsp3) is 0.474. The van der Waals surface area contributed by atoms with E-state index in [1.807, 2.05) is 6.07 Å². The van der Waals surface area contributed by atoms with Crippen molar-refractivity contribution in [2.45, 2.75) is 31.3 Å². The van der Waals surface area contributed by atoms with Crippen LogP contribution in [0, 0.1) is 11.8 Å². The Morgan fingerprint density at radius 3 is 2.27 bits per heavy atom. The van der Waals surface area contributed by atoms with Gasteiger partial charge in [-0.3, -0.25) is 9.59 Å². The normalized spacial score (nSPS) is 23.7. The zero-order valence-corrected chi connectivity index (χ0v) is 16.0. The van der Waals surface area contributed by atoms with Crippen LogP contribution in [0.2, 0.25) is 0 Å². The predicted octanol–water partition coefficient (Wildman–Crippen LogP) is 2.46. The van der Waals surface area contributed by atoms with Gasteiger partial charge in [0.2, 0.25) is 0 Å². The summed E-state index contributed by atoms with van der Waals surface area (Å²) in [4.78, 5) is 26.1. The van der Waals surface area contributed by atoms with Crippen molar-refractivity contribution in [2.24, 2.45) is 11.8 Å². The fourth-order valence-corrected chi connectivity index (χ4v) is 4.29. The summed E-state index contributed by atoms with van der Waals surface area (Å²) < 4.78 is 28.6. The van der Waals surface area contributed by atoms with E-state index >= 15 is 0 Å². The smallest absolute Gasteiger partial charge is 0.312 e. The molecule has 0 N–H and O–H groups in total. The zero-order chi connectivity index (χ0) is 19.1. The Balaban J connectivity index is 2.38. The topological polar surface area (TPSA) is 78.9 Å². The van der Waals surface area contributed by atoms with E-state index in [-0.39, 0.29) is 19.6 Å². The Hall–Kier alpha value is -1.99. The molecule has 6 nitrogen and oxygen atoms in total. The lowest BCUT2D eigenvalue weighted by atomic mass is 9.80. The first-order valence-electron chi connectivity index (χ1n) is 8.57.